The molecule has 432 valence electrons. The number of aliphatic hydroxyl groups excluding tert-OH is 2. The minimum Gasteiger partial charge on any atom is -0.496 e. The van der Waals surface area contributed by atoms with Crippen molar-refractivity contribution in [3.63, 3.8) is 0 Å². The molecule has 4 bridgehead atoms. The first-order valence-electron chi connectivity index (χ1n) is 26.9. The van der Waals surface area contributed by atoms with E-state index in [0.29, 0.717) is 33.3 Å². The van der Waals surface area contributed by atoms with E-state index in [1.54, 1.807) is 76.2 Å². The van der Waals surface area contributed by atoms with Gasteiger partial charge in [0.2, 0.25) is 11.8 Å². The fourth-order valence-electron chi connectivity index (χ4n) is 11.9. The molecular formula is C55H70N8O17. The Hall–Kier alpha value is -7.61. The molecule has 2 unspecified atom stereocenters. The van der Waals surface area contributed by atoms with Crippen LogP contribution in [0.3, 0.4) is 0 Å². The summed E-state index contributed by atoms with van der Waals surface area (Å²) in [5.74, 6) is -7.31. The third kappa shape index (κ3) is 12.0. The van der Waals surface area contributed by atoms with Crippen molar-refractivity contribution in [2.24, 2.45) is 23.7 Å². The molecule has 6 heterocycles. The number of nitrogens with zero attached hydrogens (tertiary/aromatic N) is 2. The normalized spacial score (nSPS) is 25.3. The van der Waals surface area contributed by atoms with Crippen molar-refractivity contribution in [3.8, 4) is 11.5 Å². The van der Waals surface area contributed by atoms with E-state index >= 15 is 0 Å². The Morgan fingerprint density at radius 2 is 1.05 bits per heavy atom. The van der Waals surface area contributed by atoms with Gasteiger partial charge in [-0.2, -0.15) is 0 Å². The number of carbonyl (C=O) groups excluding carboxylic acids is 9. The highest BCUT2D eigenvalue weighted by atomic mass is 16.7. The summed E-state index contributed by atoms with van der Waals surface area (Å²) >= 11 is 0. The molecule has 0 radical (unpaired) electrons. The molecule has 4 fully saturated rings. The van der Waals surface area contributed by atoms with Gasteiger partial charge in [0, 0.05) is 59.6 Å². The second kappa shape index (κ2) is 24.8. The van der Waals surface area contributed by atoms with Crippen LogP contribution in [0.15, 0.2) is 48.5 Å². The van der Waals surface area contributed by atoms with Gasteiger partial charge < -0.3 is 69.2 Å². The van der Waals surface area contributed by atoms with Gasteiger partial charge in [-0.15, -0.1) is 11.0 Å². The zero-order valence-corrected chi connectivity index (χ0v) is 45.5. The van der Waals surface area contributed by atoms with Gasteiger partial charge >= 0.3 is 18.1 Å². The number of fused-ring (bicyclic) bond motifs is 6. The van der Waals surface area contributed by atoms with Gasteiger partial charge in [0.05, 0.1) is 39.5 Å². The molecule has 8 N–H and O–H groups in total. The smallest absolute Gasteiger partial charge is 0.496 e. The number of hydrogen-bond acceptors (Lipinski definition) is 19. The van der Waals surface area contributed by atoms with Crippen molar-refractivity contribution in [2.45, 2.75) is 114 Å². The Labute approximate surface area is 460 Å². The number of ketones is 2. The predicted octanol–water partition coefficient (Wildman–Crippen LogP) is 2.53. The van der Waals surface area contributed by atoms with Gasteiger partial charge in [0.1, 0.15) is 48.2 Å². The molecule has 8 atom stereocenters. The van der Waals surface area contributed by atoms with Crippen molar-refractivity contribution in [2.75, 3.05) is 53.7 Å². The van der Waals surface area contributed by atoms with Crippen LogP contribution in [0.2, 0.25) is 0 Å². The monoisotopic (exact) mass is 1110 g/mol. The number of rotatable bonds is 20. The number of aliphatic hydroxyl groups is 2. The van der Waals surface area contributed by atoms with Crippen LogP contribution in [-0.4, -0.2) is 172 Å². The van der Waals surface area contributed by atoms with Crippen LogP contribution in [0.4, 0.5) is 4.79 Å². The Morgan fingerprint density at radius 1 is 0.650 bits per heavy atom. The van der Waals surface area contributed by atoms with Crippen LogP contribution in [0.5, 0.6) is 11.5 Å². The molecule has 80 heavy (non-hydrogen) atoms. The second-order valence-electron chi connectivity index (χ2n) is 21.7. The topological polar surface area (TPSA) is 336 Å². The summed E-state index contributed by atoms with van der Waals surface area (Å²) in [7, 11) is 2.96. The SMILES string of the molecule is COc1cccc2[nH]c(C(=O)N[C@]3(CC(C)C)C(=O)ON[C@H](C(=O)CO)C[C@@H]4CCN(C4=O)C3CCOC(=O)OCCC3N4CC[C@@H](C[C@@H](C(=O)CO)NOC(=O)[C@@]3(CC(C)C)NC(=O)c3cc5c(OC)cccc5[nH]3)C4=O)cc12. The number of aromatic amines is 2. The summed E-state index contributed by atoms with van der Waals surface area (Å²) in [6, 6.07) is 8.47. The molecule has 25 heteroatoms. The van der Waals surface area contributed by atoms with E-state index in [2.05, 4.69) is 31.6 Å². The van der Waals surface area contributed by atoms with Gasteiger partial charge in [-0.25, -0.2) is 14.4 Å². The van der Waals surface area contributed by atoms with Crippen LogP contribution in [0.25, 0.3) is 21.8 Å². The van der Waals surface area contributed by atoms with E-state index in [4.69, 9.17) is 28.6 Å². The number of Topliss-reactive ketones (excluding diaryl/α,β-unsaturated/α-hetero) is 2. The van der Waals surface area contributed by atoms with E-state index < -0.39 is 127 Å². The molecule has 4 aromatic rings. The lowest BCUT2D eigenvalue weighted by molar-refractivity contribution is -0.170. The Morgan fingerprint density at radius 3 is 1.41 bits per heavy atom. The largest absolute Gasteiger partial charge is 0.508 e. The minimum atomic E-state index is -2.07. The van der Waals surface area contributed by atoms with E-state index in [9.17, 15) is 53.4 Å². The second-order valence-corrected chi connectivity index (χ2v) is 21.7. The fourth-order valence-corrected chi connectivity index (χ4v) is 11.9. The third-order valence-electron chi connectivity index (χ3n) is 15.6. The van der Waals surface area contributed by atoms with Gasteiger partial charge in [0.15, 0.2) is 22.6 Å². The van der Waals surface area contributed by atoms with Crippen LogP contribution in [0.1, 0.15) is 100 Å². The standard InChI is InChI=1S/C55H70N8O17/c1-29(2)25-54(58-47(68)39-23-33-35(56-39)9-7-11-43(33)75-5)45(62-17-13-31(49(62)70)21-37(41(66)27-64)60-79-51(54)72)15-19-77-53(74)78-20-16-46-55(26-30(3)4,59-48(69)40-24-34-36(57-40)10-8-12-44(34)76-6)52(73)80-61-38(42(67)28-65)22-32-14-18-63(46)50(32)71/h7-12,23-24,29-32,37-38,45-46,56-57,60-61,64-65H,13-22,25-28H2,1-6H3,(H,58,68)(H,59,69)/t31-,32-,37-,38-,45?,46?,54-,55-/m0/s1. The molecule has 0 saturated carbocycles. The first-order valence-corrected chi connectivity index (χ1v) is 26.9. The summed E-state index contributed by atoms with van der Waals surface area (Å²) in [4.78, 5) is 148. The van der Waals surface area contributed by atoms with Gasteiger partial charge in [-0.05, 0) is 86.8 Å². The van der Waals surface area contributed by atoms with Crippen LogP contribution in [-0.2, 0) is 47.9 Å². The zero-order valence-electron chi connectivity index (χ0n) is 45.5. The summed E-state index contributed by atoms with van der Waals surface area (Å²) in [5, 5.41) is 26.6. The highest BCUT2D eigenvalue weighted by Crippen LogP contribution is 2.39. The maximum atomic E-state index is 14.9. The van der Waals surface area contributed by atoms with Gasteiger partial charge in [-0.3, -0.25) is 28.8 Å². The van der Waals surface area contributed by atoms with Crippen molar-refractivity contribution in [1.29, 1.82) is 0 Å². The number of hydroxylamine groups is 2. The number of hydrogen-bond donors (Lipinski definition) is 8. The molecule has 4 aliphatic heterocycles. The molecule has 4 aliphatic rings. The lowest BCUT2D eigenvalue weighted by Gasteiger charge is -2.45. The quantitative estimate of drug-likeness (QED) is 0.0466. The molecular weight excluding hydrogens is 1040 g/mol. The summed E-state index contributed by atoms with van der Waals surface area (Å²) in [6.07, 6.45) is -1.74. The Kier molecular flexibility index (Phi) is 18.2. The fraction of sp³-hybridized carbons (Fsp3) is 0.545. The average molecular weight is 1120 g/mol. The van der Waals surface area contributed by atoms with Crippen LogP contribution in [0, 0.1) is 23.7 Å². The number of methoxy groups -OCH3 is 2. The van der Waals surface area contributed by atoms with Crippen LogP contribution >= 0.6 is 0 Å². The zero-order chi connectivity index (χ0) is 57.6. The molecule has 25 nitrogen and oxygen atoms in total. The highest BCUT2D eigenvalue weighted by Gasteiger charge is 2.57. The van der Waals surface area contributed by atoms with Crippen molar-refractivity contribution in [1.82, 2.24) is 41.4 Å². The van der Waals surface area contributed by atoms with Crippen molar-refractivity contribution < 1.29 is 82.0 Å². The van der Waals surface area contributed by atoms with E-state index in [1.165, 1.54) is 24.0 Å². The number of ether oxygens (including phenoxy) is 4. The lowest BCUT2D eigenvalue weighted by Crippen LogP contribution is -2.69. The first-order chi connectivity index (χ1) is 38.3. The molecule has 0 spiro atoms. The number of benzene rings is 2. The van der Waals surface area contributed by atoms with E-state index in [-0.39, 0.29) is 87.7 Å². The number of nitrogens with one attached hydrogen (secondary N) is 6. The first kappa shape index (κ1) is 58.5. The molecule has 8 rings (SSSR count). The maximum Gasteiger partial charge on any atom is 0.508 e. The van der Waals surface area contributed by atoms with Gasteiger partial charge in [-0.1, -0.05) is 39.8 Å². The Balaban J connectivity index is 1.07. The predicted molar refractivity (Wildman–Crippen MR) is 282 cm³/mol. The summed E-state index contributed by atoms with van der Waals surface area (Å²) in [5.41, 5.74) is 1.98. The number of aromatic nitrogens is 2. The molecule has 0 aliphatic carbocycles. The summed E-state index contributed by atoms with van der Waals surface area (Å²) < 4.78 is 22.4. The van der Waals surface area contributed by atoms with E-state index in [0.717, 1.165) is 0 Å². The number of amides is 4. The van der Waals surface area contributed by atoms with E-state index in [1.807, 2.05) is 0 Å². The van der Waals surface area contributed by atoms with Crippen molar-refractivity contribution >= 4 is 75.1 Å². The Bertz CT molecular complexity index is 2810. The number of H-pyrrole nitrogens is 2. The number of carbonyl (C=O) groups is 9. The average Bonchev–Trinajstić information content (AvgIpc) is 4.38. The van der Waals surface area contributed by atoms with Crippen LogP contribution < -0.4 is 31.1 Å². The lowest BCUT2D eigenvalue weighted by atomic mass is 9.79. The maximum absolute atomic E-state index is 14.9. The third-order valence-corrected chi connectivity index (χ3v) is 15.6. The highest BCUT2D eigenvalue weighted by molar-refractivity contribution is 6.04. The minimum absolute atomic E-state index is 0.0330. The van der Waals surface area contributed by atoms with Gasteiger partial charge in [0.25, 0.3) is 11.8 Å². The molecule has 2 aromatic carbocycles. The summed E-state index contributed by atoms with van der Waals surface area (Å²) in [6.45, 7) is 4.52. The molecule has 4 saturated heterocycles. The molecule has 4 amide bonds. The molecule has 2 aromatic heterocycles. The van der Waals surface area contributed by atoms with Crippen molar-refractivity contribution in [3.05, 3.63) is 59.9 Å².